The molecule has 3 rings (SSSR count). The van der Waals surface area contributed by atoms with Gasteiger partial charge < -0.3 is 4.90 Å². The van der Waals surface area contributed by atoms with Crippen molar-refractivity contribution in [2.45, 2.75) is 30.3 Å². The van der Waals surface area contributed by atoms with E-state index in [1.165, 1.54) is 27.4 Å². The average molecular weight is 376 g/mol. The van der Waals surface area contributed by atoms with Crippen molar-refractivity contribution in [3.8, 4) is 0 Å². The Morgan fingerprint density at radius 3 is 2.50 bits per heavy atom. The van der Waals surface area contributed by atoms with Crippen LogP contribution in [0.1, 0.15) is 18.4 Å². The molecule has 1 amide bonds. The van der Waals surface area contributed by atoms with E-state index in [4.69, 9.17) is 0 Å². The van der Waals surface area contributed by atoms with Crippen molar-refractivity contribution in [2.24, 2.45) is 0 Å². The van der Waals surface area contributed by atoms with Crippen LogP contribution in [-0.2, 0) is 21.4 Å². The van der Waals surface area contributed by atoms with Gasteiger partial charge in [0.05, 0.1) is 4.90 Å². The molecule has 1 heterocycles. The Bertz CT molecular complexity index is 887. The van der Waals surface area contributed by atoms with Crippen LogP contribution in [0.15, 0.2) is 59.5 Å². The molecule has 1 saturated heterocycles. The van der Waals surface area contributed by atoms with Crippen LogP contribution in [0.2, 0.25) is 0 Å². The van der Waals surface area contributed by atoms with E-state index in [2.05, 4.69) is 0 Å². The normalized spacial score (nSPS) is 18.0. The summed E-state index contributed by atoms with van der Waals surface area (Å²) in [5, 5.41) is 0. The topological polar surface area (TPSA) is 57.7 Å². The Balaban J connectivity index is 1.79. The zero-order valence-electron chi connectivity index (χ0n) is 14.5. The third kappa shape index (κ3) is 3.64. The lowest BCUT2D eigenvalue weighted by Gasteiger charge is -2.27. The lowest BCUT2D eigenvalue weighted by molar-refractivity contribution is -0.133. The first-order valence-electron chi connectivity index (χ1n) is 8.46. The molecule has 1 atom stereocenters. The maximum absolute atomic E-state index is 13.8. The summed E-state index contributed by atoms with van der Waals surface area (Å²) in [7, 11) is -2.17. The van der Waals surface area contributed by atoms with Gasteiger partial charge in [0.25, 0.3) is 0 Å². The Labute approximate surface area is 153 Å². The largest absolute Gasteiger partial charge is 0.340 e. The quantitative estimate of drug-likeness (QED) is 0.806. The summed E-state index contributed by atoms with van der Waals surface area (Å²) in [5.41, 5.74) is 0.402. The Hall–Kier alpha value is -2.25. The minimum absolute atomic E-state index is 0.0984. The molecule has 0 saturated carbocycles. The summed E-state index contributed by atoms with van der Waals surface area (Å²) in [6.07, 6.45) is 1.09. The van der Waals surface area contributed by atoms with Gasteiger partial charge in [0.15, 0.2) is 0 Å². The van der Waals surface area contributed by atoms with Gasteiger partial charge >= 0.3 is 0 Å². The van der Waals surface area contributed by atoms with E-state index in [0.29, 0.717) is 24.9 Å². The zero-order chi connectivity index (χ0) is 18.7. The van der Waals surface area contributed by atoms with Gasteiger partial charge in [0.2, 0.25) is 15.9 Å². The smallest absolute Gasteiger partial charge is 0.243 e. The Kier molecular flexibility index (Phi) is 5.38. The van der Waals surface area contributed by atoms with E-state index >= 15 is 0 Å². The fraction of sp³-hybridized carbons (Fsp3) is 0.316. The first-order valence-corrected chi connectivity index (χ1v) is 9.90. The minimum Gasteiger partial charge on any atom is -0.340 e. The molecule has 0 aliphatic carbocycles. The number of likely N-dealkylation sites (N-methyl/N-ethyl adjacent to an activating group) is 1. The maximum atomic E-state index is 13.8. The number of carbonyl (C=O) groups excluding carboxylic acids is 1. The molecule has 0 N–H and O–H groups in total. The van der Waals surface area contributed by atoms with Gasteiger partial charge in [-0.2, -0.15) is 4.31 Å². The maximum Gasteiger partial charge on any atom is 0.243 e. The summed E-state index contributed by atoms with van der Waals surface area (Å²) in [6, 6.07) is 13.6. The first kappa shape index (κ1) is 18.5. The van der Waals surface area contributed by atoms with Crippen LogP contribution in [0, 0.1) is 5.82 Å². The fourth-order valence-corrected chi connectivity index (χ4v) is 4.89. The van der Waals surface area contributed by atoms with Crippen LogP contribution in [0.3, 0.4) is 0 Å². The van der Waals surface area contributed by atoms with Crippen LogP contribution in [0.4, 0.5) is 4.39 Å². The SMILES string of the molecule is CN(Cc1ccccc1F)C(=O)C1CCCN1S(=O)(=O)c1ccccc1. The van der Waals surface area contributed by atoms with Gasteiger partial charge in [-0.25, -0.2) is 12.8 Å². The summed E-state index contributed by atoms with van der Waals surface area (Å²) in [5.74, 6) is -0.697. The van der Waals surface area contributed by atoms with Gasteiger partial charge in [-0.15, -0.1) is 0 Å². The summed E-state index contributed by atoms with van der Waals surface area (Å²) < 4.78 is 40.9. The van der Waals surface area contributed by atoms with Crippen LogP contribution in [0.25, 0.3) is 0 Å². The molecule has 1 aliphatic rings. The van der Waals surface area contributed by atoms with E-state index in [-0.39, 0.29) is 23.2 Å². The molecule has 0 radical (unpaired) electrons. The van der Waals surface area contributed by atoms with Gasteiger partial charge in [-0.05, 0) is 31.0 Å². The van der Waals surface area contributed by atoms with E-state index in [1.807, 2.05) is 0 Å². The van der Waals surface area contributed by atoms with Gasteiger partial charge in [0, 0.05) is 25.7 Å². The van der Waals surface area contributed by atoms with Gasteiger partial charge in [0.1, 0.15) is 11.9 Å². The van der Waals surface area contributed by atoms with E-state index in [1.54, 1.807) is 43.4 Å². The monoisotopic (exact) mass is 376 g/mol. The molecule has 138 valence electrons. The average Bonchev–Trinajstić information content (AvgIpc) is 3.14. The number of nitrogens with zero attached hydrogens (tertiary/aromatic N) is 2. The number of hydrogen-bond acceptors (Lipinski definition) is 3. The predicted molar refractivity (Wildman–Crippen MR) is 96.2 cm³/mol. The van der Waals surface area contributed by atoms with Crippen molar-refractivity contribution < 1.29 is 17.6 Å². The van der Waals surface area contributed by atoms with E-state index < -0.39 is 16.1 Å². The van der Waals surface area contributed by atoms with Crippen LogP contribution in [-0.4, -0.2) is 43.2 Å². The van der Waals surface area contributed by atoms with E-state index in [0.717, 1.165) is 0 Å². The highest BCUT2D eigenvalue weighted by molar-refractivity contribution is 7.89. The molecule has 7 heteroatoms. The van der Waals surface area contributed by atoms with Crippen molar-refractivity contribution in [2.75, 3.05) is 13.6 Å². The Morgan fingerprint density at radius 2 is 1.81 bits per heavy atom. The molecule has 0 aromatic heterocycles. The van der Waals surface area contributed by atoms with Crippen LogP contribution >= 0.6 is 0 Å². The lowest BCUT2D eigenvalue weighted by Crippen LogP contribution is -2.46. The molecule has 1 unspecified atom stereocenters. The molecule has 1 fully saturated rings. The molecular formula is C19H21FN2O3S. The highest BCUT2D eigenvalue weighted by Gasteiger charge is 2.40. The summed E-state index contributed by atoms with van der Waals surface area (Å²) in [4.78, 5) is 14.4. The molecule has 0 bridgehead atoms. The Morgan fingerprint density at radius 1 is 1.15 bits per heavy atom. The van der Waals surface area contributed by atoms with Crippen molar-refractivity contribution in [1.29, 1.82) is 0 Å². The number of benzene rings is 2. The molecule has 1 aliphatic heterocycles. The van der Waals surface area contributed by atoms with Crippen LogP contribution < -0.4 is 0 Å². The standard InChI is InChI=1S/C19H21FN2O3S/c1-21(14-15-8-5-6-11-17(15)20)19(23)18-12-7-13-22(18)26(24,25)16-9-3-2-4-10-16/h2-6,8-11,18H,7,12-14H2,1H3. The lowest BCUT2D eigenvalue weighted by atomic mass is 10.1. The summed E-state index contributed by atoms with van der Waals surface area (Å²) in [6.45, 7) is 0.405. The second-order valence-electron chi connectivity index (χ2n) is 6.37. The number of sulfonamides is 1. The van der Waals surface area contributed by atoms with E-state index in [9.17, 15) is 17.6 Å². The number of hydrogen-bond donors (Lipinski definition) is 0. The highest BCUT2D eigenvalue weighted by atomic mass is 32.2. The molecular weight excluding hydrogens is 355 g/mol. The van der Waals surface area contributed by atoms with Crippen molar-refractivity contribution in [3.63, 3.8) is 0 Å². The summed E-state index contributed by atoms with van der Waals surface area (Å²) >= 11 is 0. The van der Waals surface area contributed by atoms with Crippen molar-refractivity contribution in [3.05, 3.63) is 66.0 Å². The minimum atomic E-state index is -3.74. The van der Waals surface area contributed by atoms with Gasteiger partial charge in [-0.3, -0.25) is 4.79 Å². The third-order valence-corrected chi connectivity index (χ3v) is 6.50. The molecule has 0 spiro atoms. The number of rotatable bonds is 5. The number of amides is 1. The van der Waals surface area contributed by atoms with Crippen molar-refractivity contribution in [1.82, 2.24) is 9.21 Å². The highest BCUT2D eigenvalue weighted by Crippen LogP contribution is 2.27. The second kappa shape index (κ2) is 7.55. The van der Waals surface area contributed by atoms with Gasteiger partial charge in [-0.1, -0.05) is 36.4 Å². The number of carbonyl (C=O) groups is 1. The zero-order valence-corrected chi connectivity index (χ0v) is 15.3. The predicted octanol–water partition coefficient (Wildman–Crippen LogP) is 2.64. The molecule has 2 aromatic rings. The van der Waals surface area contributed by atoms with Crippen LogP contribution in [0.5, 0.6) is 0 Å². The third-order valence-electron chi connectivity index (χ3n) is 4.58. The molecule has 5 nitrogen and oxygen atoms in total. The molecule has 2 aromatic carbocycles. The second-order valence-corrected chi connectivity index (χ2v) is 8.26. The first-order chi connectivity index (χ1) is 12.4. The fourth-order valence-electron chi connectivity index (χ4n) is 3.22. The van der Waals surface area contributed by atoms with Crippen molar-refractivity contribution >= 4 is 15.9 Å². The number of halogens is 1. The molecule has 26 heavy (non-hydrogen) atoms.